The molecule has 1 fully saturated rings. The molecular formula is C15H20N2O4S2. The van der Waals surface area contributed by atoms with Gasteiger partial charge in [-0.2, -0.15) is 9.57 Å². The molecule has 1 aromatic rings. The van der Waals surface area contributed by atoms with Gasteiger partial charge in [-0.05, 0) is 38.0 Å². The second-order valence-electron chi connectivity index (χ2n) is 5.79. The van der Waals surface area contributed by atoms with Gasteiger partial charge in [0, 0.05) is 12.1 Å². The molecule has 0 unspecified atom stereocenters. The highest BCUT2D eigenvalue weighted by molar-refractivity contribution is 7.92. The monoisotopic (exact) mass is 356 g/mol. The van der Waals surface area contributed by atoms with E-state index in [2.05, 4.69) is 0 Å². The number of hydrogen-bond donors (Lipinski definition) is 0. The lowest BCUT2D eigenvalue weighted by molar-refractivity contribution is 0.271. The van der Waals surface area contributed by atoms with E-state index in [-0.39, 0.29) is 28.0 Å². The van der Waals surface area contributed by atoms with Crippen LogP contribution in [0, 0.1) is 11.3 Å². The number of hydrogen-bond acceptors (Lipinski definition) is 5. The van der Waals surface area contributed by atoms with Crippen molar-refractivity contribution >= 4 is 19.9 Å². The summed E-state index contributed by atoms with van der Waals surface area (Å²) in [6.45, 7) is 3.64. The molecule has 1 saturated heterocycles. The van der Waals surface area contributed by atoms with Crippen LogP contribution < -0.4 is 0 Å². The summed E-state index contributed by atoms with van der Waals surface area (Å²) >= 11 is 0. The standard InChI is InChI=1S/C15H20N2O4S2/c1-3-12(2)17(14-7-8-22(18,19)11-14)23(20,21)15-6-4-5-13(9-15)10-16/h4-6,9,12,14H,3,7-8,11H2,1-2H3/t12-,14-/m1/s1. The smallest absolute Gasteiger partial charge is 0.229 e. The Morgan fingerprint density at radius 2 is 2.13 bits per heavy atom. The van der Waals surface area contributed by atoms with E-state index in [4.69, 9.17) is 5.26 Å². The fourth-order valence-electron chi connectivity index (χ4n) is 2.80. The van der Waals surface area contributed by atoms with E-state index in [0.29, 0.717) is 12.8 Å². The van der Waals surface area contributed by atoms with Crippen molar-refractivity contribution in [2.75, 3.05) is 11.5 Å². The molecule has 8 heteroatoms. The molecule has 126 valence electrons. The van der Waals surface area contributed by atoms with Gasteiger partial charge in [-0.1, -0.05) is 13.0 Å². The SMILES string of the molecule is CC[C@@H](C)N([C@@H]1CCS(=O)(=O)C1)S(=O)(=O)c1cccc(C#N)c1. The molecule has 2 rings (SSSR count). The van der Waals surface area contributed by atoms with E-state index < -0.39 is 25.9 Å². The zero-order chi connectivity index (χ0) is 17.3. The Morgan fingerprint density at radius 1 is 1.43 bits per heavy atom. The van der Waals surface area contributed by atoms with Crippen LogP contribution in [-0.2, 0) is 19.9 Å². The maximum Gasteiger partial charge on any atom is 0.243 e. The number of benzene rings is 1. The third-order valence-electron chi connectivity index (χ3n) is 4.13. The largest absolute Gasteiger partial charge is 0.243 e. The second-order valence-corrected chi connectivity index (χ2v) is 9.86. The Morgan fingerprint density at radius 3 is 2.65 bits per heavy atom. The first kappa shape index (κ1) is 17.9. The Hall–Kier alpha value is -1.43. The summed E-state index contributed by atoms with van der Waals surface area (Å²) in [7, 11) is -7.06. The van der Waals surface area contributed by atoms with Crippen molar-refractivity contribution in [3.8, 4) is 6.07 Å². The minimum absolute atomic E-state index is 0.0123. The highest BCUT2D eigenvalue weighted by Gasteiger charge is 2.40. The predicted molar refractivity (Wildman–Crippen MR) is 87.0 cm³/mol. The molecule has 0 saturated carbocycles. The zero-order valence-corrected chi connectivity index (χ0v) is 14.8. The van der Waals surface area contributed by atoms with Gasteiger partial charge in [0.25, 0.3) is 0 Å². The first-order valence-corrected chi connectivity index (χ1v) is 10.7. The highest BCUT2D eigenvalue weighted by atomic mass is 32.2. The van der Waals surface area contributed by atoms with Gasteiger partial charge in [0.2, 0.25) is 10.0 Å². The van der Waals surface area contributed by atoms with Gasteiger partial charge < -0.3 is 0 Å². The molecule has 6 nitrogen and oxygen atoms in total. The molecule has 1 aliphatic heterocycles. The Bertz CT molecular complexity index is 825. The summed E-state index contributed by atoms with van der Waals surface area (Å²) in [6.07, 6.45) is 0.886. The van der Waals surface area contributed by atoms with Crippen molar-refractivity contribution in [1.82, 2.24) is 4.31 Å². The van der Waals surface area contributed by atoms with Crippen LogP contribution in [0.4, 0.5) is 0 Å². The van der Waals surface area contributed by atoms with Gasteiger partial charge in [-0.3, -0.25) is 0 Å². The van der Waals surface area contributed by atoms with Crippen LogP contribution in [0.5, 0.6) is 0 Å². The van der Waals surface area contributed by atoms with Gasteiger partial charge in [0.1, 0.15) is 0 Å². The molecule has 0 amide bonds. The summed E-state index contributed by atoms with van der Waals surface area (Å²) in [6, 6.07) is 6.88. The van der Waals surface area contributed by atoms with Crippen LogP contribution in [0.15, 0.2) is 29.2 Å². The molecular weight excluding hydrogens is 336 g/mol. The van der Waals surface area contributed by atoms with Gasteiger partial charge in [0.05, 0.1) is 28.0 Å². The van der Waals surface area contributed by atoms with Gasteiger partial charge in [-0.15, -0.1) is 0 Å². The van der Waals surface area contributed by atoms with E-state index in [0.717, 1.165) is 0 Å². The fraction of sp³-hybridized carbons (Fsp3) is 0.533. The molecule has 0 radical (unpaired) electrons. The summed E-state index contributed by atoms with van der Waals surface area (Å²) in [5, 5.41) is 8.96. The average Bonchev–Trinajstić information content (AvgIpc) is 2.86. The van der Waals surface area contributed by atoms with E-state index in [1.807, 2.05) is 13.0 Å². The molecule has 1 aliphatic rings. The van der Waals surface area contributed by atoms with Crippen molar-refractivity contribution in [1.29, 1.82) is 5.26 Å². The Kier molecular flexibility index (Phi) is 5.14. The molecule has 0 N–H and O–H groups in total. The Balaban J connectivity index is 2.48. The van der Waals surface area contributed by atoms with E-state index in [9.17, 15) is 16.8 Å². The number of nitriles is 1. The maximum atomic E-state index is 13.0. The van der Waals surface area contributed by atoms with Crippen LogP contribution >= 0.6 is 0 Å². The number of nitrogens with zero attached hydrogens (tertiary/aromatic N) is 2. The summed E-state index contributed by atoms with van der Waals surface area (Å²) in [5.74, 6) is -0.132. The number of rotatable bonds is 5. The first-order valence-electron chi connectivity index (χ1n) is 7.45. The van der Waals surface area contributed by atoms with E-state index >= 15 is 0 Å². The van der Waals surface area contributed by atoms with E-state index in [1.165, 1.54) is 28.6 Å². The number of sulfonamides is 1. The van der Waals surface area contributed by atoms with Crippen molar-refractivity contribution in [3.05, 3.63) is 29.8 Å². The third-order valence-corrected chi connectivity index (χ3v) is 7.95. The van der Waals surface area contributed by atoms with Crippen LogP contribution in [-0.4, -0.2) is 44.7 Å². The van der Waals surface area contributed by atoms with Crippen molar-refractivity contribution in [2.45, 2.75) is 43.7 Å². The normalized spacial score (nSPS) is 21.9. The topological polar surface area (TPSA) is 95.3 Å². The molecule has 2 atom stereocenters. The quantitative estimate of drug-likeness (QED) is 0.797. The highest BCUT2D eigenvalue weighted by Crippen LogP contribution is 2.28. The molecule has 0 bridgehead atoms. The Labute approximate surface area is 137 Å². The first-order chi connectivity index (χ1) is 10.7. The predicted octanol–water partition coefficient (Wildman–Crippen LogP) is 1.53. The summed E-state index contributed by atoms with van der Waals surface area (Å²) in [4.78, 5) is 0.0288. The lowest BCUT2D eigenvalue weighted by Crippen LogP contribution is -2.46. The van der Waals surface area contributed by atoms with Gasteiger partial charge in [0.15, 0.2) is 9.84 Å². The summed E-state index contributed by atoms with van der Waals surface area (Å²) in [5.41, 5.74) is 0.259. The molecule has 1 aromatic carbocycles. The molecule has 0 aromatic heterocycles. The van der Waals surface area contributed by atoms with Crippen LogP contribution in [0.2, 0.25) is 0 Å². The van der Waals surface area contributed by atoms with Crippen molar-refractivity contribution < 1.29 is 16.8 Å². The molecule has 0 aliphatic carbocycles. The fourth-order valence-corrected chi connectivity index (χ4v) is 6.57. The summed E-state index contributed by atoms with van der Waals surface area (Å²) < 4.78 is 50.9. The zero-order valence-electron chi connectivity index (χ0n) is 13.1. The van der Waals surface area contributed by atoms with Crippen LogP contribution in [0.25, 0.3) is 0 Å². The molecule has 23 heavy (non-hydrogen) atoms. The van der Waals surface area contributed by atoms with Crippen LogP contribution in [0.3, 0.4) is 0 Å². The third kappa shape index (κ3) is 3.74. The van der Waals surface area contributed by atoms with Gasteiger partial charge >= 0.3 is 0 Å². The minimum atomic E-state index is -3.86. The molecule has 1 heterocycles. The van der Waals surface area contributed by atoms with Crippen LogP contribution in [0.1, 0.15) is 32.3 Å². The maximum absolute atomic E-state index is 13.0. The average molecular weight is 356 g/mol. The lowest BCUT2D eigenvalue weighted by atomic mass is 10.2. The van der Waals surface area contributed by atoms with Crippen molar-refractivity contribution in [2.24, 2.45) is 0 Å². The van der Waals surface area contributed by atoms with Gasteiger partial charge in [-0.25, -0.2) is 16.8 Å². The minimum Gasteiger partial charge on any atom is -0.229 e. The number of sulfone groups is 1. The second kappa shape index (κ2) is 6.59. The lowest BCUT2D eigenvalue weighted by Gasteiger charge is -2.32. The van der Waals surface area contributed by atoms with Crippen molar-refractivity contribution in [3.63, 3.8) is 0 Å². The van der Waals surface area contributed by atoms with E-state index in [1.54, 1.807) is 6.92 Å². The molecule has 0 spiro atoms.